The summed E-state index contributed by atoms with van der Waals surface area (Å²) in [5, 5.41) is 7.98. The highest BCUT2D eigenvalue weighted by molar-refractivity contribution is 6.28. The lowest BCUT2D eigenvalue weighted by atomic mass is 9.88. The molecule has 0 fully saturated rings. The predicted octanol–water partition coefficient (Wildman–Crippen LogP) is 6.69. The summed E-state index contributed by atoms with van der Waals surface area (Å²) >= 11 is 0. The maximum absolute atomic E-state index is 2.38. The third-order valence-electron chi connectivity index (χ3n) is 6.10. The van der Waals surface area contributed by atoms with Crippen LogP contribution in [0.3, 0.4) is 0 Å². The molecule has 5 aromatic carbocycles. The van der Waals surface area contributed by atoms with Crippen LogP contribution in [-0.2, 0) is 0 Å². The molecule has 29 heavy (non-hydrogen) atoms. The first-order chi connectivity index (χ1) is 14.0. The minimum atomic E-state index is 1.27. The Bertz CT molecular complexity index is 1360. The molecule has 5 rings (SSSR count). The fourth-order valence-electron chi connectivity index (χ4n) is 4.80. The number of hydrogen-bond acceptors (Lipinski definition) is 2. The molecule has 0 aliphatic carbocycles. The first-order valence-electron chi connectivity index (χ1n) is 10.1. The van der Waals surface area contributed by atoms with E-state index >= 15 is 0 Å². The highest BCUT2D eigenvalue weighted by Crippen LogP contribution is 2.45. The molecule has 5 aromatic rings. The van der Waals surface area contributed by atoms with Gasteiger partial charge in [0.05, 0.1) is 5.69 Å². The van der Waals surface area contributed by atoms with Crippen LogP contribution in [0.5, 0.6) is 0 Å². The van der Waals surface area contributed by atoms with Crippen molar-refractivity contribution < 1.29 is 0 Å². The van der Waals surface area contributed by atoms with E-state index < -0.39 is 0 Å². The molecule has 0 unspecified atom stereocenters. The fourth-order valence-corrected chi connectivity index (χ4v) is 4.80. The molecule has 0 atom stereocenters. The molecule has 2 nitrogen and oxygen atoms in total. The van der Waals surface area contributed by atoms with Gasteiger partial charge in [-0.1, -0.05) is 54.6 Å². The van der Waals surface area contributed by atoms with Crippen molar-refractivity contribution in [1.29, 1.82) is 0 Å². The van der Waals surface area contributed by atoms with E-state index in [-0.39, 0.29) is 0 Å². The van der Waals surface area contributed by atoms with Gasteiger partial charge in [0, 0.05) is 50.2 Å². The molecule has 0 saturated heterocycles. The summed E-state index contributed by atoms with van der Waals surface area (Å²) < 4.78 is 0. The van der Waals surface area contributed by atoms with Crippen LogP contribution in [0, 0.1) is 6.92 Å². The first-order valence-corrected chi connectivity index (χ1v) is 10.1. The average Bonchev–Trinajstić information content (AvgIpc) is 2.71. The van der Waals surface area contributed by atoms with Crippen LogP contribution in [0.4, 0.5) is 11.4 Å². The number of anilines is 2. The Morgan fingerprint density at radius 2 is 1.24 bits per heavy atom. The standard InChI is InChI=1S/C27H26N2/c1-17-8-6-7-9-20(17)23-16-19-11-13-21-24(28(2)3)15-12-18-10-14-22(26(19)25(18)21)27(23)29(4)5/h6-16H,1-5H3. The van der Waals surface area contributed by atoms with Crippen LogP contribution in [-0.4, -0.2) is 28.2 Å². The Morgan fingerprint density at radius 3 is 1.97 bits per heavy atom. The molecule has 0 aliphatic heterocycles. The number of hydrogen-bond donors (Lipinski definition) is 0. The number of nitrogens with zero attached hydrogens (tertiary/aromatic N) is 2. The van der Waals surface area contributed by atoms with Crippen LogP contribution in [0.1, 0.15) is 5.56 Å². The molecule has 0 saturated carbocycles. The highest BCUT2D eigenvalue weighted by atomic mass is 15.1. The highest BCUT2D eigenvalue weighted by Gasteiger charge is 2.19. The van der Waals surface area contributed by atoms with E-state index in [4.69, 9.17) is 0 Å². The zero-order chi connectivity index (χ0) is 20.3. The first kappa shape index (κ1) is 17.8. The quantitative estimate of drug-likeness (QED) is 0.323. The van der Waals surface area contributed by atoms with Gasteiger partial charge in [0.25, 0.3) is 0 Å². The van der Waals surface area contributed by atoms with E-state index in [1.807, 2.05) is 0 Å². The van der Waals surface area contributed by atoms with Crippen LogP contribution < -0.4 is 9.80 Å². The van der Waals surface area contributed by atoms with Gasteiger partial charge in [0.2, 0.25) is 0 Å². The fraction of sp³-hybridized carbons (Fsp3) is 0.185. The Morgan fingerprint density at radius 1 is 0.586 bits per heavy atom. The SMILES string of the molecule is Cc1ccccc1-c1cc2ccc3c(N(C)C)ccc4ccc(c1N(C)C)c2c43. The van der Waals surface area contributed by atoms with Crippen molar-refractivity contribution in [1.82, 2.24) is 0 Å². The molecule has 0 bridgehead atoms. The Hall–Kier alpha value is -3.26. The summed E-state index contributed by atoms with van der Waals surface area (Å²) in [7, 11) is 8.54. The molecule has 0 radical (unpaired) electrons. The summed E-state index contributed by atoms with van der Waals surface area (Å²) in [4.78, 5) is 4.47. The largest absolute Gasteiger partial charge is 0.377 e. The Kier molecular flexibility index (Phi) is 3.92. The second-order valence-electron chi connectivity index (χ2n) is 8.38. The van der Waals surface area contributed by atoms with Crippen molar-refractivity contribution in [2.45, 2.75) is 6.92 Å². The van der Waals surface area contributed by atoms with Crippen LogP contribution in [0.2, 0.25) is 0 Å². The summed E-state index contributed by atoms with van der Waals surface area (Å²) in [5.41, 5.74) is 6.46. The van der Waals surface area contributed by atoms with E-state index in [2.05, 4.69) is 112 Å². The van der Waals surface area contributed by atoms with Gasteiger partial charge in [-0.25, -0.2) is 0 Å². The van der Waals surface area contributed by atoms with Gasteiger partial charge in [-0.15, -0.1) is 0 Å². The van der Waals surface area contributed by atoms with Gasteiger partial charge < -0.3 is 9.80 Å². The molecule has 2 heteroatoms. The molecular formula is C27H26N2. The van der Waals surface area contributed by atoms with Gasteiger partial charge in [-0.3, -0.25) is 0 Å². The monoisotopic (exact) mass is 378 g/mol. The van der Waals surface area contributed by atoms with E-state index in [9.17, 15) is 0 Å². The van der Waals surface area contributed by atoms with Gasteiger partial charge in [0.1, 0.15) is 0 Å². The Balaban J connectivity index is 1.99. The lowest BCUT2D eigenvalue weighted by Gasteiger charge is -2.25. The second-order valence-corrected chi connectivity index (χ2v) is 8.38. The molecule has 0 aromatic heterocycles. The van der Waals surface area contributed by atoms with E-state index in [1.165, 1.54) is 60.4 Å². The van der Waals surface area contributed by atoms with E-state index in [1.54, 1.807) is 0 Å². The van der Waals surface area contributed by atoms with Gasteiger partial charge in [-0.2, -0.15) is 0 Å². The van der Waals surface area contributed by atoms with Crippen molar-refractivity contribution in [3.05, 3.63) is 72.3 Å². The minimum Gasteiger partial charge on any atom is -0.377 e. The van der Waals surface area contributed by atoms with Crippen molar-refractivity contribution in [3.63, 3.8) is 0 Å². The van der Waals surface area contributed by atoms with Gasteiger partial charge in [0.15, 0.2) is 0 Å². The van der Waals surface area contributed by atoms with Crippen LogP contribution in [0.15, 0.2) is 66.7 Å². The number of aryl methyl sites for hydroxylation is 1. The zero-order valence-electron chi connectivity index (χ0n) is 17.7. The zero-order valence-corrected chi connectivity index (χ0v) is 17.7. The lowest BCUT2D eigenvalue weighted by Crippen LogP contribution is -2.11. The summed E-state index contributed by atoms with van der Waals surface area (Å²) in [6.45, 7) is 2.20. The number of benzene rings is 5. The third kappa shape index (κ3) is 2.56. The molecular weight excluding hydrogens is 352 g/mol. The number of rotatable bonds is 3. The molecule has 0 amide bonds. The predicted molar refractivity (Wildman–Crippen MR) is 129 cm³/mol. The Labute approximate surface area is 172 Å². The topological polar surface area (TPSA) is 6.48 Å². The van der Waals surface area contributed by atoms with Gasteiger partial charge >= 0.3 is 0 Å². The van der Waals surface area contributed by atoms with Crippen molar-refractivity contribution >= 4 is 43.7 Å². The van der Waals surface area contributed by atoms with E-state index in [0.717, 1.165) is 0 Å². The molecule has 0 N–H and O–H groups in total. The van der Waals surface area contributed by atoms with Crippen molar-refractivity contribution in [2.24, 2.45) is 0 Å². The summed E-state index contributed by atoms with van der Waals surface area (Å²) in [5.74, 6) is 0. The molecule has 144 valence electrons. The van der Waals surface area contributed by atoms with E-state index in [0.29, 0.717) is 0 Å². The smallest absolute Gasteiger partial charge is 0.0521 e. The van der Waals surface area contributed by atoms with Gasteiger partial charge in [-0.05, 0) is 51.7 Å². The van der Waals surface area contributed by atoms with Crippen LogP contribution >= 0.6 is 0 Å². The van der Waals surface area contributed by atoms with Crippen molar-refractivity contribution in [3.8, 4) is 11.1 Å². The molecule has 0 aliphatic rings. The lowest BCUT2D eigenvalue weighted by molar-refractivity contribution is 1.14. The third-order valence-corrected chi connectivity index (χ3v) is 6.10. The maximum Gasteiger partial charge on any atom is 0.0521 e. The average molecular weight is 379 g/mol. The van der Waals surface area contributed by atoms with Crippen molar-refractivity contribution in [2.75, 3.05) is 38.0 Å². The summed E-state index contributed by atoms with van der Waals surface area (Å²) in [6.07, 6.45) is 0. The minimum absolute atomic E-state index is 1.27. The van der Waals surface area contributed by atoms with Crippen LogP contribution in [0.25, 0.3) is 43.4 Å². The second kappa shape index (κ2) is 6.38. The normalized spacial score (nSPS) is 11.6. The maximum atomic E-state index is 2.38. The molecule has 0 heterocycles. The molecule has 0 spiro atoms. The summed E-state index contributed by atoms with van der Waals surface area (Å²) in [6, 6.07) is 24.7.